The number of nitrogens with zero attached hydrogens (tertiary/aromatic N) is 2. The predicted molar refractivity (Wildman–Crippen MR) is 87.0 cm³/mol. The van der Waals surface area contributed by atoms with E-state index in [1.807, 2.05) is 54.6 Å². The molecule has 0 saturated heterocycles. The van der Waals surface area contributed by atoms with Gasteiger partial charge in [0.15, 0.2) is 0 Å². The fourth-order valence-corrected chi connectivity index (χ4v) is 3.24. The van der Waals surface area contributed by atoms with Crippen molar-refractivity contribution < 1.29 is 9.53 Å². The van der Waals surface area contributed by atoms with Crippen molar-refractivity contribution in [3.05, 3.63) is 60.2 Å². The van der Waals surface area contributed by atoms with Crippen LogP contribution in [-0.2, 0) is 4.79 Å². The number of ether oxygens (including phenoxy) is 1. The van der Waals surface area contributed by atoms with Gasteiger partial charge in [0.25, 0.3) is 5.91 Å². The molecule has 22 heavy (non-hydrogen) atoms. The summed E-state index contributed by atoms with van der Waals surface area (Å²) in [6.45, 7) is 0. The summed E-state index contributed by atoms with van der Waals surface area (Å²) in [7, 11) is 0. The molecule has 0 radical (unpaired) electrons. The Morgan fingerprint density at radius 1 is 1.00 bits per heavy atom. The van der Waals surface area contributed by atoms with Crippen LogP contribution in [0, 0.1) is 0 Å². The highest BCUT2D eigenvalue weighted by molar-refractivity contribution is 8.00. The van der Waals surface area contributed by atoms with Gasteiger partial charge in [-0.1, -0.05) is 30.3 Å². The Labute approximate surface area is 131 Å². The smallest absolute Gasteiger partial charge is 0.294 e. The Balaban J connectivity index is 1.59. The second kappa shape index (κ2) is 5.42. The summed E-state index contributed by atoms with van der Waals surface area (Å²) in [5.41, 5.74) is 1.57. The molecule has 0 fully saturated rings. The largest absolute Gasteiger partial charge is 0.473 e. The zero-order valence-electron chi connectivity index (χ0n) is 11.6. The van der Waals surface area contributed by atoms with Crippen LogP contribution < -0.4 is 4.74 Å². The van der Waals surface area contributed by atoms with E-state index in [2.05, 4.69) is 9.98 Å². The first-order chi connectivity index (χ1) is 10.8. The molecule has 4 rings (SSSR count). The highest BCUT2D eigenvalue weighted by Crippen LogP contribution is 2.31. The van der Waals surface area contributed by atoms with Crippen LogP contribution in [-0.4, -0.2) is 29.3 Å². The van der Waals surface area contributed by atoms with Gasteiger partial charge in [-0.2, -0.15) is 4.99 Å². The number of hydrogen-bond acceptors (Lipinski definition) is 4. The zero-order valence-corrected chi connectivity index (χ0v) is 12.4. The molecule has 4 nitrogen and oxygen atoms in total. The van der Waals surface area contributed by atoms with Gasteiger partial charge in [-0.3, -0.25) is 4.79 Å². The Bertz CT molecular complexity index is 799. The molecule has 0 saturated carbocycles. The van der Waals surface area contributed by atoms with Crippen LogP contribution in [0.15, 0.2) is 69.5 Å². The predicted octanol–water partition coefficient (Wildman–Crippen LogP) is 2.97. The third-order valence-corrected chi connectivity index (χ3v) is 4.49. The SMILES string of the molecule is O=C1N=C(CSc2ccccc2)N=C2c3ccccc3OC12. The number of amides is 1. The van der Waals surface area contributed by atoms with Crippen LogP contribution >= 0.6 is 11.8 Å². The molecule has 108 valence electrons. The van der Waals surface area contributed by atoms with E-state index in [-0.39, 0.29) is 5.91 Å². The molecule has 1 unspecified atom stereocenters. The first-order valence-corrected chi connectivity index (χ1v) is 7.94. The van der Waals surface area contributed by atoms with Gasteiger partial charge in [0, 0.05) is 10.5 Å². The zero-order chi connectivity index (χ0) is 14.9. The molecule has 2 heterocycles. The van der Waals surface area contributed by atoms with E-state index in [0.717, 1.165) is 10.5 Å². The second-order valence-electron chi connectivity index (χ2n) is 4.96. The molecule has 5 heteroatoms. The number of hydrogen-bond donors (Lipinski definition) is 0. The van der Waals surface area contributed by atoms with E-state index in [1.165, 1.54) is 0 Å². The number of aliphatic imine (C=N–C) groups is 2. The Hall–Kier alpha value is -2.40. The molecule has 2 aromatic rings. The summed E-state index contributed by atoms with van der Waals surface area (Å²) in [4.78, 5) is 21.9. The van der Waals surface area contributed by atoms with Crippen molar-refractivity contribution in [3.8, 4) is 5.75 Å². The van der Waals surface area contributed by atoms with Crippen molar-refractivity contribution in [3.63, 3.8) is 0 Å². The van der Waals surface area contributed by atoms with Crippen LogP contribution in [0.3, 0.4) is 0 Å². The summed E-state index contributed by atoms with van der Waals surface area (Å²) >= 11 is 1.61. The van der Waals surface area contributed by atoms with Crippen molar-refractivity contribution in [1.29, 1.82) is 0 Å². The number of thioether (sulfide) groups is 1. The average Bonchev–Trinajstić information content (AvgIpc) is 2.94. The van der Waals surface area contributed by atoms with Gasteiger partial charge in [-0.25, -0.2) is 4.99 Å². The van der Waals surface area contributed by atoms with Crippen molar-refractivity contribution in [1.82, 2.24) is 0 Å². The summed E-state index contributed by atoms with van der Waals surface area (Å²) < 4.78 is 5.64. The van der Waals surface area contributed by atoms with Gasteiger partial charge in [-0.05, 0) is 24.3 Å². The molecule has 1 atom stereocenters. The minimum Gasteiger partial charge on any atom is -0.473 e. The van der Waals surface area contributed by atoms with Crippen molar-refractivity contribution >= 4 is 29.2 Å². The molecule has 2 aliphatic heterocycles. The number of benzene rings is 2. The maximum Gasteiger partial charge on any atom is 0.294 e. The minimum absolute atomic E-state index is 0.273. The monoisotopic (exact) mass is 308 g/mol. The van der Waals surface area contributed by atoms with E-state index >= 15 is 0 Å². The molecule has 0 spiro atoms. The summed E-state index contributed by atoms with van der Waals surface area (Å²) in [6.07, 6.45) is -0.678. The quantitative estimate of drug-likeness (QED) is 0.819. The van der Waals surface area contributed by atoms with Gasteiger partial charge < -0.3 is 4.74 Å². The molecule has 0 bridgehead atoms. The number of rotatable bonds is 3. The summed E-state index contributed by atoms with van der Waals surface area (Å²) in [5, 5.41) is 0. The van der Waals surface area contributed by atoms with Gasteiger partial charge in [-0.15, -0.1) is 11.8 Å². The summed E-state index contributed by atoms with van der Waals surface area (Å²) in [5.74, 6) is 1.54. The number of carbonyl (C=O) groups is 1. The van der Waals surface area contributed by atoms with Crippen LogP contribution in [0.4, 0.5) is 0 Å². The fourth-order valence-electron chi connectivity index (χ4n) is 2.47. The standard InChI is InChI=1S/C17H12N2O2S/c20-17-16-15(12-8-4-5-9-13(12)21-16)18-14(19-17)10-22-11-6-2-1-3-7-11/h1-9,16H,10H2. The molecular formula is C17H12N2O2S. The number of amidine groups is 1. The number of fused-ring (bicyclic) bond motifs is 3. The second-order valence-corrected chi connectivity index (χ2v) is 6.01. The van der Waals surface area contributed by atoms with Crippen LogP contribution in [0.5, 0.6) is 5.75 Å². The van der Waals surface area contributed by atoms with Gasteiger partial charge >= 0.3 is 0 Å². The third kappa shape index (κ3) is 2.33. The highest BCUT2D eigenvalue weighted by Gasteiger charge is 2.38. The van der Waals surface area contributed by atoms with Gasteiger partial charge in [0.05, 0.1) is 5.75 Å². The third-order valence-electron chi connectivity index (χ3n) is 3.48. The first kappa shape index (κ1) is 13.3. The fraction of sp³-hybridized carbons (Fsp3) is 0.118. The van der Waals surface area contributed by atoms with Crippen LogP contribution in [0.1, 0.15) is 5.56 Å². The van der Waals surface area contributed by atoms with E-state index in [4.69, 9.17) is 4.74 Å². The van der Waals surface area contributed by atoms with Crippen molar-refractivity contribution in [2.24, 2.45) is 9.98 Å². The van der Waals surface area contributed by atoms with E-state index < -0.39 is 6.10 Å². The lowest BCUT2D eigenvalue weighted by Crippen LogP contribution is -2.34. The summed E-state index contributed by atoms with van der Waals surface area (Å²) in [6, 6.07) is 17.6. The van der Waals surface area contributed by atoms with Crippen LogP contribution in [0.25, 0.3) is 0 Å². The normalized spacial score (nSPS) is 18.9. The maximum atomic E-state index is 12.2. The van der Waals surface area contributed by atoms with E-state index in [1.54, 1.807) is 11.8 Å². The lowest BCUT2D eigenvalue weighted by molar-refractivity contribution is -0.121. The Morgan fingerprint density at radius 3 is 2.64 bits per heavy atom. The minimum atomic E-state index is -0.678. The molecule has 1 amide bonds. The molecule has 2 aromatic carbocycles. The molecule has 0 aromatic heterocycles. The molecular weight excluding hydrogens is 296 g/mol. The first-order valence-electron chi connectivity index (χ1n) is 6.95. The molecule has 2 aliphatic rings. The Kier molecular flexibility index (Phi) is 3.27. The topological polar surface area (TPSA) is 51.0 Å². The van der Waals surface area contributed by atoms with Crippen molar-refractivity contribution in [2.75, 3.05) is 5.75 Å². The van der Waals surface area contributed by atoms with Crippen molar-refractivity contribution in [2.45, 2.75) is 11.0 Å². The number of para-hydroxylation sites is 1. The van der Waals surface area contributed by atoms with Gasteiger partial charge in [0.2, 0.25) is 6.10 Å². The van der Waals surface area contributed by atoms with E-state index in [0.29, 0.717) is 23.0 Å². The lowest BCUT2D eigenvalue weighted by atomic mass is 10.1. The maximum absolute atomic E-state index is 12.2. The molecule has 0 aliphatic carbocycles. The lowest BCUT2D eigenvalue weighted by Gasteiger charge is -2.13. The highest BCUT2D eigenvalue weighted by atomic mass is 32.2. The molecule has 0 N–H and O–H groups in total. The average molecular weight is 308 g/mol. The Morgan fingerprint density at radius 2 is 1.77 bits per heavy atom. The number of carbonyl (C=O) groups excluding carboxylic acids is 1. The van der Waals surface area contributed by atoms with Crippen LogP contribution in [0.2, 0.25) is 0 Å². The van der Waals surface area contributed by atoms with Gasteiger partial charge in [0.1, 0.15) is 17.3 Å². The van der Waals surface area contributed by atoms with E-state index in [9.17, 15) is 4.79 Å².